The van der Waals surface area contributed by atoms with Crippen LogP contribution in [0.1, 0.15) is 18.1 Å². The minimum absolute atomic E-state index is 0.584. The molecule has 0 aliphatic carbocycles. The second-order valence-corrected chi connectivity index (χ2v) is 7.32. The highest BCUT2D eigenvalue weighted by molar-refractivity contribution is 5.80. The smallest absolute Gasteiger partial charge is 0.212 e. The molecule has 1 aromatic heterocycles. The van der Waals surface area contributed by atoms with Gasteiger partial charge in [0.2, 0.25) is 5.88 Å². The zero-order valence-corrected chi connectivity index (χ0v) is 18.9. The number of benzene rings is 1. The first-order valence-corrected chi connectivity index (χ1v) is 10.6. The van der Waals surface area contributed by atoms with Gasteiger partial charge in [-0.2, -0.15) is 0 Å². The van der Waals surface area contributed by atoms with Crippen molar-refractivity contribution >= 4 is 5.96 Å². The number of ether oxygens (including phenoxy) is 3. The number of aromatic nitrogens is 1. The van der Waals surface area contributed by atoms with Crippen molar-refractivity contribution in [1.29, 1.82) is 0 Å². The van der Waals surface area contributed by atoms with Gasteiger partial charge in [0.05, 0.1) is 27.9 Å². The monoisotopic (exact) mass is 427 g/mol. The minimum atomic E-state index is 0.584. The number of rotatable bonds is 8. The van der Waals surface area contributed by atoms with Crippen molar-refractivity contribution in [3.8, 4) is 17.4 Å². The molecule has 1 aliphatic rings. The molecule has 2 aromatic rings. The summed E-state index contributed by atoms with van der Waals surface area (Å²) in [5.41, 5.74) is 2.20. The van der Waals surface area contributed by atoms with Crippen molar-refractivity contribution in [2.45, 2.75) is 20.0 Å². The Hall–Kier alpha value is -3.00. The Balaban J connectivity index is 1.59. The molecule has 0 bridgehead atoms. The molecule has 31 heavy (non-hydrogen) atoms. The molecular formula is C23H33N5O3. The SMILES string of the molecule is CCNC(=NCc1ccc(OC)nc1)N1CCN(Cc2cc(OC)ccc2OC)CC1. The average molecular weight is 428 g/mol. The first-order chi connectivity index (χ1) is 15.2. The van der Waals surface area contributed by atoms with Crippen LogP contribution in [0.2, 0.25) is 0 Å². The standard InChI is InChI=1S/C23H33N5O3/c1-5-24-23(26-16-18-6-9-22(31-4)25-15-18)28-12-10-27(11-13-28)17-19-14-20(29-2)7-8-21(19)30-3/h6-9,14-15H,5,10-13,16-17H2,1-4H3,(H,24,26). The first-order valence-electron chi connectivity index (χ1n) is 10.6. The van der Waals surface area contributed by atoms with Gasteiger partial charge in [0, 0.05) is 57.1 Å². The van der Waals surface area contributed by atoms with Gasteiger partial charge in [-0.25, -0.2) is 9.98 Å². The van der Waals surface area contributed by atoms with E-state index in [0.29, 0.717) is 12.4 Å². The maximum atomic E-state index is 5.53. The van der Waals surface area contributed by atoms with Gasteiger partial charge in [-0.1, -0.05) is 6.07 Å². The summed E-state index contributed by atoms with van der Waals surface area (Å²) in [6.45, 7) is 8.08. The Bertz CT molecular complexity index is 849. The summed E-state index contributed by atoms with van der Waals surface area (Å²) in [6, 6.07) is 9.81. The first kappa shape index (κ1) is 22.7. The predicted molar refractivity (Wildman–Crippen MR) is 122 cm³/mol. The Morgan fingerprint density at radius 1 is 1.03 bits per heavy atom. The van der Waals surface area contributed by atoms with Crippen molar-refractivity contribution < 1.29 is 14.2 Å². The summed E-state index contributed by atoms with van der Waals surface area (Å²) < 4.78 is 16.0. The van der Waals surface area contributed by atoms with Crippen LogP contribution >= 0.6 is 0 Å². The third-order valence-corrected chi connectivity index (χ3v) is 5.31. The van der Waals surface area contributed by atoms with Gasteiger partial charge < -0.3 is 24.4 Å². The number of guanidine groups is 1. The molecule has 0 unspecified atom stereocenters. The molecule has 0 radical (unpaired) electrons. The van der Waals surface area contributed by atoms with Crippen molar-refractivity contribution in [3.05, 3.63) is 47.7 Å². The Morgan fingerprint density at radius 2 is 1.84 bits per heavy atom. The van der Waals surface area contributed by atoms with E-state index in [1.54, 1.807) is 21.3 Å². The summed E-state index contributed by atoms with van der Waals surface area (Å²) in [5, 5.41) is 3.42. The van der Waals surface area contributed by atoms with Crippen LogP contribution in [0.15, 0.2) is 41.5 Å². The van der Waals surface area contributed by atoms with E-state index in [2.05, 4.69) is 33.1 Å². The molecule has 8 heteroatoms. The van der Waals surface area contributed by atoms with E-state index < -0.39 is 0 Å². The maximum Gasteiger partial charge on any atom is 0.212 e. The number of hydrogen-bond donors (Lipinski definition) is 1. The molecule has 1 saturated heterocycles. The zero-order chi connectivity index (χ0) is 22.1. The highest BCUT2D eigenvalue weighted by atomic mass is 16.5. The van der Waals surface area contributed by atoms with E-state index in [4.69, 9.17) is 19.2 Å². The summed E-state index contributed by atoms with van der Waals surface area (Å²) in [5.74, 6) is 3.30. The van der Waals surface area contributed by atoms with Crippen LogP contribution in [0.4, 0.5) is 0 Å². The number of aliphatic imine (C=N–C) groups is 1. The molecule has 8 nitrogen and oxygen atoms in total. The second kappa shape index (κ2) is 11.4. The third kappa shape index (κ3) is 6.24. The van der Waals surface area contributed by atoms with Gasteiger partial charge in [0.1, 0.15) is 11.5 Å². The summed E-state index contributed by atoms with van der Waals surface area (Å²) in [6.07, 6.45) is 1.81. The molecule has 0 atom stereocenters. The lowest BCUT2D eigenvalue weighted by atomic mass is 10.1. The summed E-state index contributed by atoms with van der Waals surface area (Å²) in [7, 11) is 5.02. The molecule has 1 N–H and O–H groups in total. The average Bonchev–Trinajstić information content (AvgIpc) is 2.82. The number of nitrogens with one attached hydrogen (secondary N) is 1. The van der Waals surface area contributed by atoms with Crippen LogP contribution in [-0.4, -0.2) is 74.8 Å². The number of piperazine rings is 1. The molecule has 168 valence electrons. The van der Waals surface area contributed by atoms with Crippen molar-refractivity contribution in [3.63, 3.8) is 0 Å². The van der Waals surface area contributed by atoms with Crippen LogP contribution in [0.5, 0.6) is 17.4 Å². The molecule has 0 spiro atoms. The van der Waals surface area contributed by atoms with E-state index in [-0.39, 0.29) is 0 Å². The predicted octanol–water partition coefficient (Wildman–Crippen LogP) is 2.39. The lowest BCUT2D eigenvalue weighted by Gasteiger charge is -2.36. The van der Waals surface area contributed by atoms with E-state index in [1.165, 1.54) is 0 Å². The molecule has 0 amide bonds. The molecule has 1 aliphatic heterocycles. The summed E-state index contributed by atoms with van der Waals surface area (Å²) in [4.78, 5) is 13.8. The third-order valence-electron chi connectivity index (χ3n) is 5.31. The maximum absolute atomic E-state index is 5.53. The van der Waals surface area contributed by atoms with Gasteiger partial charge in [-0.05, 0) is 30.7 Å². The molecule has 2 heterocycles. The topological polar surface area (TPSA) is 71.5 Å². The van der Waals surface area contributed by atoms with Crippen LogP contribution in [0.3, 0.4) is 0 Å². The Labute approximate surface area is 184 Å². The molecular weight excluding hydrogens is 394 g/mol. The Morgan fingerprint density at radius 3 is 2.45 bits per heavy atom. The van der Waals surface area contributed by atoms with Crippen molar-refractivity contribution in [2.75, 3.05) is 54.1 Å². The number of methoxy groups -OCH3 is 3. The minimum Gasteiger partial charge on any atom is -0.497 e. The zero-order valence-electron chi connectivity index (χ0n) is 18.9. The lowest BCUT2D eigenvalue weighted by molar-refractivity contribution is 0.171. The molecule has 3 rings (SSSR count). The normalized spacial score (nSPS) is 15.0. The number of nitrogens with zero attached hydrogens (tertiary/aromatic N) is 4. The van der Waals surface area contributed by atoms with Gasteiger partial charge in [-0.15, -0.1) is 0 Å². The Kier molecular flexibility index (Phi) is 8.35. The molecule has 0 saturated carbocycles. The quantitative estimate of drug-likeness (QED) is 0.512. The fraction of sp³-hybridized carbons (Fsp3) is 0.478. The van der Waals surface area contributed by atoms with Gasteiger partial charge in [0.25, 0.3) is 0 Å². The van der Waals surface area contributed by atoms with Gasteiger partial charge in [-0.3, -0.25) is 4.90 Å². The highest BCUT2D eigenvalue weighted by Crippen LogP contribution is 2.25. The molecule has 1 fully saturated rings. The lowest BCUT2D eigenvalue weighted by Crippen LogP contribution is -2.52. The van der Waals surface area contributed by atoms with Crippen molar-refractivity contribution in [1.82, 2.24) is 20.1 Å². The number of hydrogen-bond acceptors (Lipinski definition) is 6. The van der Waals surface area contributed by atoms with Crippen LogP contribution in [0.25, 0.3) is 0 Å². The van der Waals surface area contributed by atoms with Gasteiger partial charge in [0.15, 0.2) is 5.96 Å². The fourth-order valence-electron chi connectivity index (χ4n) is 3.58. The van der Waals surface area contributed by atoms with Crippen LogP contribution < -0.4 is 19.5 Å². The van der Waals surface area contributed by atoms with Crippen molar-refractivity contribution in [2.24, 2.45) is 4.99 Å². The van der Waals surface area contributed by atoms with E-state index in [0.717, 1.165) is 67.9 Å². The summed E-state index contributed by atoms with van der Waals surface area (Å²) >= 11 is 0. The molecule has 1 aromatic carbocycles. The van der Waals surface area contributed by atoms with Crippen LogP contribution in [0, 0.1) is 0 Å². The van der Waals surface area contributed by atoms with E-state index in [1.807, 2.05) is 30.5 Å². The number of pyridine rings is 1. The van der Waals surface area contributed by atoms with E-state index in [9.17, 15) is 0 Å². The van der Waals surface area contributed by atoms with Gasteiger partial charge >= 0.3 is 0 Å². The highest BCUT2D eigenvalue weighted by Gasteiger charge is 2.21. The fourth-order valence-corrected chi connectivity index (χ4v) is 3.58. The van der Waals surface area contributed by atoms with Crippen LogP contribution in [-0.2, 0) is 13.1 Å². The largest absolute Gasteiger partial charge is 0.497 e. The van der Waals surface area contributed by atoms with E-state index >= 15 is 0 Å². The second-order valence-electron chi connectivity index (χ2n) is 7.32.